The molecule has 0 unspecified atom stereocenters. The lowest BCUT2D eigenvalue weighted by molar-refractivity contribution is -0.385. The first-order valence-electron chi connectivity index (χ1n) is 8.75. The molecule has 0 atom stereocenters. The van der Waals surface area contributed by atoms with E-state index in [1.165, 1.54) is 18.2 Å². The van der Waals surface area contributed by atoms with Gasteiger partial charge in [-0.05, 0) is 25.1 Å². The summed E-state index contributed by atoms with van der Waals surface area (Å²) in [5.74, 6) is -0.193. The fourth-order valence-corrected chi connectivity index (χ4v) is 3.17. The van der Waals surface area contributed by atoms with Gasteiger partial charge in [0.2, 0.25) is 5.75 Å². The maximum atomic E-state index is 12.7. The first kappa shape index (κ1) is 18.5. The van der Waals surface area contributed by atoms with Crippen molar-refractivity contribution in [3.05, 3.63) is 58.1 Å². The number of nitrogens with zero attached hydrogens (tertiary/aromatic N) is 3. The number of rotatable bonds is 5. The highest BCUT2D eigenvalue weighted by Crippen LogP contribution is 2.32. The average molecular weight is 371 g/mol. The monoisotopic (exact) mass is 371 g/mol. The highest BCUT2D eigenvalue weighted by Gasteiger charge is 2.28. The highest BCUT2D eigenvalue weighted by molar-refractivity contribution is 5.98. The molecule has 1 saturated heterocycles. The van der Waals surface area contributed by atoms with Crippen LogP contribution in [-0.2, 0) is 0 Å². The van der Waals surface area contributed by atoms with Gasteiger partial charge in [0, 0.05) is 32.2 Å². The minimum Gasteiger partial charge on any atom is -0.502 e. The average Bonchev–Trinajstić information content (AvgIpc) is 2.68. The zero-order chi connectivity index (χ0) is 19.4. The summed E-state index contributed by atoms with van der Waals surface area (Å²) < 4.78 is 5.67. The van der Waals surface area contributed by atoms with Crippen LogP contribution in [0, 0.1) is 10.1 Å². The number of nitro benzene ring substituents is 1. The van der Waals surface area contributed by atoms with E-state index in [4.69, 9.17) is 4.74 Å². The summed E-state index contributed by atoms with van der Waals surface area (Å²) in [6.45, 7) is 4.60. The first-order valence-corrected chi connectivity index (χ1v) is 8.75. The minimum absolute atomic E-state index is 0.0487. The molecule has 2 aromatic rings. The molecule has 0 saturated carbocycles. The van der Waals surface area contributed by atoms with Gasteiger partial charge in [-0.2, -0.15) is 0 Å². The van der Waals surface area contributed by atoms with Crippen LogP contribution in [0.5, 0.6) is 11.5 Å². The third-order valence-corrected chi connectivity index (χ3v) is 4.51. The van der Waals surface area contributed by atoms with Gasteiger partial charge in [0.1, 0.15) is 5.75 Å². The number of carbonyl (C=O) groups excluding carboxylic acids is 1. The third kappa shape index (κ3) is 3.79. The molecule has 1 aliphatic rings. The molecule has 1 fully saturated rings. The SMILES string of the molecule is CCOc1ccccc1N1CCN(C(=O)c2cccc([N+](=O)[O-])c2O)CC1. The van der Waals surface area contributed by atoms with Crippen molar-refractivity contribution in [2.75, 3.05) is 37.7 Å². The molecule has 27 heavy (non-hydrogen) atoms. The Morgan fingerprint density at radius 2 is 1.85 bits per heavy atom. The second-order valence-corrected chi connectivity index (χ2v) is 6.11. The Kier molecular flexibility index (Phi) is 5.44. The highest BCUT2D eigenvalue weighted by atomic mass is 16.6. The standard InChI is InChI=1S/C19H21N3O5/c1-2-27-17-9-4-3-7-15(17)20-10-12-21(13-11-20)19(24)14-6-5-8-16(18(14)23)22(25)26/h3-9,23H,2,10-13H2,1H3. The van der Waals surface area contributed by atoms with E-state index in [-0.39, 0.29) is 5.56 Å². The number of ether oxygens (including phenoxy) is 1. The van der Waals surface area contributed by atoms with Crippen LogP contribution >= 0.6 is 0 Å². The van der Waals surface area contributed by atoms with Gasteiger partial charge >= 0.3 is 5.69 Å². The molecule has 1 N–H and O–H groups in total. The molecule has 0 aliphatic carbocycles. The number of nitro groups is 1. The lowest BCUT2D eigenvalue weighted by atomic mass is 10.1. The molecule has 1 heterocycles. The van der Waals surface area contributed by atoms with Crippen LogP contribution in [0.15, 0.2) is 42.5 Å². The van der Waals surface area contributed by atoms with Crippen molar-refractivity contribution in [2.24, 2.45) is 0 Å². The van der Waals surface area contributed by atoms with E-state index in [1.54, 1.807) is 4.90 Å². The molecule has 0 spiro atoms. The van der Waals surface area contributed by atoms with Gasteiger partial charge in [0.15, 0.2) is 0 Å². The molecule has 1 aliphatic heterocycles. The summed E-state index contributed by atoms with van der Waals surface area (Å²) in [6, 6.07) is 11.7. The quantitative estimate of drug-likeness (QED) is 0.641. The number of benzene rings is 2. The van der Waals surface area contributed by atoms with Crippen LogP contribution in [0.2, 0.25) is 0 Å². The maximum Gasteiger partial charge on any atom is 0.311 e. The fourth-order valence-electron chi connectivity index (χ4n) is 3.17. The molecule has 1 amide bonds. The lowest BCUT2D eigenvalue weighted by Gasteiger charge is -2.36. The minimum atomic E-state index is -0.700. The van der Waals surface area contributed by atoms with Crippen LogP contribution in [0.1, 0.15) is 17.3 Å². The molecule has 8 heteroatoms. The molecule has 0 aromatic heterocycles. The van der Waals surface area contributed by atoms with Crippen molar-refractivity contribution in [3.8, 4) is 11.5 Å². The lowest BCUT2D eigenvalue weighted by Crippen LogP contribution is -2.48. The van der Waals surface area contributed by atoms with Crippen molar-refractivity contribution in [2.45, 2.75) is 6.92 Å². The molecule has 142 valence electrons. The van der Waals surface area contributed by atoms with Crippen LogP contribution in [0.25, 0.3) is 0 Å². The number of piperazine rings is 1. The summed E-state index contributed by atoms with van der Waals surface area (Å²) in [5.41, 5.74) is 0.460. The van der Waals surface area contributed by atoms with E-state index >= 15 is 0 Å². The number of phenolic OH excluding ortho intramolecular Hbond substituents is 1. The molecule has 0 radical (unpaired) electrons. The number of amides is 1. The van der Waals surface area contributed by atoms with E-state index in [9.17, 15) is 20.0 Å². The number of aromatic hydroxyl groups is 1. The van der Waals surface area contributed by atoms with Crippen molar-refractivity contribution in [1.82, 2.24) is 4.90 Å². The Morgan fingerprint density at radius 3 is 2.52 bits per heavy atom. The van der Waals surface area contributed by atoms with Crippen molar-refractivity contribution < 1.29 is 19.6 Å². The molecule has 2 aromatic carbocycles. The molecular formula is C19H21N3O5. The topological polar surface area (TPSA) is 96.2 Å². The van der Waals surface area contributed by atoms with E-state index in [0.717, 1.165) is 11.4 Å². The van der Waals surface area contributed by atoms with E-state index in [2.05, 4.69) is 4.90 Å². The molecule has 0 bridgehead atoms. The largest absolute Gasteiger partial charge is 0.502 e. The first-order chi connectivity index (χ1) is 13.0. The number of para-hydroxylation sites is 3. The smallest absolute Gasteiger partial charge is 0.311 e. The number of carbonyl (C=O) groups is 1. The van der Waals surface area contributed by atoms with Gasteiger partial charge in [-0.3, -0.25) is 14.9 Å². The Balaban J connectivity index is 1.72. The summed E-state index contributed by atoms with van der Waals surface area (Å²) in [4.78, 5) is 26.7. The normalized spacial score (nSPS) is 14.1. The molecule has 3 rings (SSSR count). The maximum absolute atomic E-state index is 12.7. The Morgan fingerprint density at radius 1 is 1.15 bits per heavy atom. The van der Waals surface area contributed by atoms with Crippen LogP contribution in [0.3, 0.4) is 0 Å². The summed E-state index contributed by atoms with van der Waals surface area (Å²) in [6.07, 6.45) is 0. The van der Waals surface area contributed by atoms with E-state index in [1.807, 2.05) is 31.2 Å². The molecular weight excluding hydrogens is 350 g/mol. The number of hydrogen-bond donors (Lipinski definition) is 1. The summed E-state index contributed by atoms with van der Waals surface area (Å²) >= 11 is 0. The Bertz CT molecular complexity index is 847. The van der Waals surface area contributed by atoms with Crippen molar-refractivity contribution >= 4 is 17.3 Å². The van der Waals surface area contributed by atoms with Gasteiger partial charge in [-0.1, -0.05) is 18.2 Å². The summed E-state index contributed by atoms with van der Waals surface area (Å²) in [5, 5.41) is 21.0. The van der Waals surface area contributed by atoms with E-state index < -0.39 is 22.3 Å². The predicted molar refractivity (Wildman–Crippen MR) is 100 cm³/mol. The number of anilines is 1. The Labute approximate surface area is 156 Å². The second-order valence-electron chi connectivity index (χ2n) is 6.11. The predicted octanol–water partition coefficient (Wildman–Crippen LogP) is 2.66. The Hall–Kier alpha value is -3.29. The third-order valence-electron chi connectivity index (χ3n) is 4.51. The summed E-state index contributed by atoms with van der Waals surface area (Å²) in [7, 11) is 0. The van der Waals surface area contributed by atoms with Gasteiger partial charge < -0.3 is 19.6 Å². The zero-order valence-corrected chi connectivity index (χ0v) is 15.0. The van der Waals surface area contributed by atoms with Crippen molar-refractivity contribution in [1.29, 1.82) is 0 Å². The van der Waals surface area contributed by atoms with Crippen LogP contribution in [-0.4, -0.2) is 53.6 Å². The number of hydrogen-bond acceptors (Lipinski definition) is 6. The molecule has 8 nitrogen and oxygen atoms in total. The van der Waals surface area contributed by atoms with Gasteiger partial charge in [0.05, 0.1) is 22.8 Å². The van der Waals surface area contributed by atoms with Gasteiger partial charge in [-0.15, -0.1) is 0 Å². The van der Waals surface area contributed by atoms with Gasteiger partial charge in [0.25, 0.3) is 5.91 Å². The second kappa shape index (κ2) is 7.94. The zero-order valence-electron chi connectivity index (χ0n) is 15.0. The number of phenols is 1. The van der Waals surface area contributed by atoms with Crippen LogP contribution < -0.4 is 9.64 Å². The van der Waals surface area contributed by atoms with E-state index in [0.29, 0.717) is 32.8 Å². The van der Waals surface area contributed by atoms with Crippen molar-refractivity contribution in [3.63, 3.8) is 0 Å². The fraction of sp³-hybridized carbons (Fsp3) is 0.316. The van der Waals surface area contributed by atoms with Crippen LogP contribution in [0.4, 0.5) is 11.4 Å². The van der Waals surface area contributed by atoms with Gasteiger partial charge in [-0.25, -0.2) is 0 Å².